The number of fused-ring (bicyclic) bond motifs is 1. The number of imide groups is 1. The summed E-state index contributed by atoms with van der Waals surface area (Å²) in [6.07, 6.45) is 4.88. The lowest BCUT2D eigenvalue weighted by Gasteiger charge is -2.30. The molecule has 0 radical (unpaired) electrons. The molecule has 0 saturated carbocycles. The molecular formula is C22H18N4O2. The van der Waals surface area contributed by atoms with E-state index in [1.807, 2.05) is 31.2 Å². The van der Waals surface area contributed by atoms with Crippen LogP contribution in [0.4, 0.5) is 5.82 Å². The van der Waals surface area contributed by atoms with Crippen LogP contribution in [0.5, 0.6) is 0 Å². The van der Waals surface area contributed by atoms with Gasteiger partial charge in [0.2, 0.25) is 5.91 Å². The van der Waals surface area contributed by atoms with Gasteiger partial charge in [-0.15, -0.1) is 0 Å². The topological polar surface area (TPSA) is 75.5 Å². The minimum atomic E-state index is -0.665. The summed E-state index contributed by atoms with van der Waals surface area (Å²) in [5.41, 5.74) is 1.95. The van der Waals surface area contributed by atoms with E-state index in [9.17, 15) is 9.59 Å². The predicted molar refractivity (Wildman–Crippen MR) is 106 cm³/mol. The van der Waals surface area contributed by atoms with E-state index in [0.29, 0.717) is 16.9 Å². The molecule has 1 aliphatic heterocycles. The van der Waals surface area contributed by atoms with Crippen molar-refractivity contribution in [2.24, 2.45) is 4.99 Å². The summed E-state index contributed by atoms with van der Waals surface area (Å²) in [6.45, 7) is 1.92. The first-order valence-electron chi connectivity index (χ1n) is 8.99. The molecule has 6 nitrogen and oxygen atoms in total. The number of amides is 2. The van der Waals surface area contributed by atoms with Crippen molar-refractivity contribution >= 4 is 23.8 Å². The van der Waals surface area contributed by atoms with Gasteiger partial charge in [-0.25, -0.2) is 9.88 Å². The number of nitrogens with zero attached hydrogens (tertiary/aromatic N) is 4. The highest BCUT2D eigenvalue weighted by Gasteiger charge is 2.39. The molecule has 1 unspecified atom stereocenters. The zero-order chi connectivity index (χ0) is 19.5. The molecule has 1 aromatic carbocycles. The summed E-state index contributed by atoms with van der Waals surface area (Å²) in [4.78, 5) is 40.3. The maximum atomic E-state index is 13.2. The van der Waals surface area contributed by atoms with Gasteiger partial charge in [-0.3, -0.25) is 19.6 Å². The van der Waals surface area contributed by atoms with Gasteiger partial charge in [0.1, 0.15) is 5.82 Å². The number of carbonyl (C=O) groups excluding carboxylic acids is 2. The van der Waals surface area contributed by atoms with Crippen LogP contribution in [0, 0.1) is 0 Å². The largest absolute Gasteiger partial charge is 0.287 e. The second-order valence-corrected chi connectivity index (χ2v) is 6.46. The monoisotopic (exact) mass is 370 g/mol. The Kier molecular flexibility index (Phi) is 4.76. The van der Waals surface area contributed by atoms with Crippen LogP contribution in [0.2, 0.25) is 0 Å². The third-order valence-electron chi connectivity index (χ3n) is 4.67. The third-order valence-corrected chi connectivity index (χ3v) is 4.67. The van der Waals surface area contributed by atoms with Gasteiger partial charge in [0.25, 0.3) is 5.91 Å². The Balaban J connectivity index is 1.73. The molecular weight excluding hydrogens is 352 g/mol. The molecule has 6 heteroatoms. The number of aromatic nitrogens is 2. The fourth-order valence-corrected chi connectivity index (χ4v) is 3.22. The first-order chi connectivity index (χ1) is 13.7. The Labute approximate surface area is 162 Å². The van der Waals surface area contributed by atoms with Crippen LogP contribution in [0.25, 0.3) is 0 Å². The van der Waals surface area contributed by atoms with E-state index in [1.165, 1.54) is 0 Å². The number of benzene rings is 1. The molecule has 0 fully saturated rings. The lowest BCUT2D eigenvalue weighted by atomic mass is 9.89. The SMILES string of the molecule is C[C@H](N=CC1C(=O)N(c2ccccn2)C(=O)c2ccccc21)c1ccccn1. The van der Waals surface area contributed by atoms with Crippen LogP contribution < -0.4 is 4.90 Å². The van der Waals surface area contributed by atoms with E-state index in [1.54, 1.807) is 55.0 Å². The van der Waals surface area contributed by atoms with E-state index in [0.717, 1.165) is 10.6 Å². The highest BCUT2D eigenvalue weighted by atomic mass is 16.2. The van der Waals surface area contributed by atoms with Crippen LogP contribution in [0.1, 0.15) is 40.5 Å². The molecule has 0 aliphatic carbocycles. The Bertz CT molecular complexity index is 1030. The van der Waals surface area contributed by atoms with Crippen LogP contribution >= 0.6 is 0 Å². The van der Waals surface area contributed by atoms with E-state index in [-0.39, 0.29) is 17.9 Å². The molecule has 2 amide bonds. The quantitative estimate of drug-likeness (QED) is 0.520. The standard InChI is InChI=1S/C22H18N4O2/c1-15(19-10-4-6-12-23-19)25-14-18-16-8-2-3-9-17(16)21(27)26(22(18)28)20-11-5-7-13-24-20/h2-15,18H,1H3/t15-,18?/m0/s1. The minimum absolute atomic E-state index is 0.206. The maximum absolute atomic E-state index is 13.2. The normalized spacial score (nSPS) is 17.6. The molecule has 28 heavy (non-hydrogen) atoms. The zero-order valence-electron chi connectivity index (χ0n) is 15.3. The number of carbonyl (C=O) groups is 2. The van der Waals surface area contributed by atoms with Crippen molar-refractivity contribution in [3.63, 3.8) is 0 Å². The number of pyridine rings is 2. The van der Waals surface area contributed by atoms with Gasteiger partial charge in [-0.2, -0.15) is 0 Å². The Hall–Kier alpha value is -3.67. The van der Waals surface area contributed by atoms with Crippen LogP contribution in [0.3, 0.4) is 0 Å². The molecule has 0 bridgehead atoms. The summed E-state index contributed by atoms with van der Waals surface area (Å²) >= 11 is 0. The van der Waals surface area contributed by atoms with E-state index in [2.05, 4.69) is 15.0 Å². The zero-order valence-corrected chi connectivity index (χ0v) is 15.3. The molecule has 138 valence electrons. The molecule has 0 saturated heterocycles. The molecule has 1 aliphatic rings. The van der Waals surface area contributed by atoms with Crippen molar-refractivity contribution in [2.45, 2.75) is 18.9 Å². The van der Waals surface area contributed by atoms with E-state index in [4.69, 9.17) is 0 Å². The number of aliphatic imine (C=N–C) groups is 1. The minimum Gasteiger partial charge on any atom is -0.287 e. The molecule has 4 rings (SSSR count). The van der Waals surface area contributed by atoms with Gasteiger partial charge >= 0.3 is 0 Å². The summed E-state index contributed by atoms with van der Waals surface area (Å²) in [6, 6.07) is 17.7. The lowest BCUT2D eigenvalue weighted by molar-refractivity contribution is -0.118. The number of hydrogen-bond donors (Lipinski definition) is 0. The van der Waals surface area contributed by atoms with Gasteiger partial charge in [0.15, 0.2) is 0 Å². The van der Waals surface area contributed by atoms with E-state index < -0.39 is 5.92 Å². The van der Waals surface area contributed by atoms with Crippen molar-refractivity contribution in [1.82, 2.24) is 9.97 Å². The second-order valence-electron chi connectivity index (χ2n) is 6.46. The Morgan fingerprint density at radius 3 is 2.39 bits per heavy atom. The summed E-state index contributed by atoms with van der Waals surface area (Å²) in [5.74, 6) is -1.09. The smallest absolute Gasteiger partial charge is 0.266 e. The van der Waals surface area contributed by atoms with Gasteiger partial charge < -0.3 is 0 Å². The Morgan fingerprint density at radius 2 is 1.68 bits per heavy atom. The van der Waals surface area contributed by atoms with Crippen molar-refractivity contribution in [3.05, 3.63) is 89.9 Å². The number of hydrogen-bond acceptors (Lipinski definition) is 5. The molecule has 2 atom stereocenters. The van der Waals surface area contributed by atoms with Gasteiger partial charge in [-0.1, -0.05) is 30.3 Å². The molecule has 3 aromatic rings. The highest BCUT2D eigenvalue weighted by molar-refractivity contribution is 6.28. The lowest BCUT2D eigenvalue weighted by Crippen LogP contribution is -2.46. The number of anilines is 1. The number of rotatable bonds is 4. The molecule has 0 spiro atoms. The second kappa shape index (κ2) is 7.52. The first-order valence-corrected chi connectivity index (χ1v) is 8.99. The molecule has 0 N–H and O–H groups in total. The maximum Gasteiger partial charge on any atom is 0.266 e. The van der Waals surface area contributed by atoms with Gasteiger partial charge in [-0.05, 0) is 42.8 Å². The van der Waals surface area contributed by atoms with Crippen molar-refractivity contribution < 1.29 is 9.59 Å². The molecule has 2 aromatic heterocycles. The third kappa shape index (κ3) is 3.20. The summed E-state index contributed by atoms with van der Waals surface area (Å²) < 4.78 is 0. The van der Waals surface area contributed by atoms with Crippen LogP contribution in [0.15, 0.2) is 78.0 Å². The van der Waals surface area contributed by atoms with Gasteiger partial charge in [0.05, 0.1) is 17.7 Å². The average Bonchev–Trinajstić information content (AvgIpc) is 2.75. The summed E-state index contributed by atoms with van der Waals surface area (Å²) in [5, 5.41) is 0. The fraction of sp³-hybridized carbons (Fsp3) is 0.136. The van der Waals surface area contributed by atoms with Crippen molar-refractivity contribution in [3.8, 4) is 0 Å². The molecule has 3 heterocycles. The van der Waals surface area contributed by atoms with Crippen LogP contribution in [-0.4, -0.2) is 28.0 Å². The first kappa shape index (κ1) is 17.7. The van der Waals surface area contributed by atoms with Crippen molar-refractivity contribution in [1.29, 1.82) is 0 Å². The Morgan fingerprint density at radius 1 is 0.964 bits per heavy atom. The van der Waals surface area contributed by atoms with Crippen LogP contribution in [-0.2, 0) is 4.79 Å². The average molecular weight is 370 g/mol. The predicted octanol–water partition coefficient (Wildman–Crippen LogP) is 3.58. The fourth-order valence-electron chi connectivity index (χ4n) is 3.22. The van der Waals surface area contributed by atoms with Crippen molar-refractivity contribution in [2.75, 3.05) is 4.90 Å². The summed E-state index contributed by atoms with van der Waals surface area (Å²) in [7, 11) is 0. The van der Waals surface area contributed by atoms with E-state index >= 15 is 0 Å². The highest BCUT2D eigenvalue weighted by Crippen LogP contribution is 2.31. The van der Waals surface area contributed by atoms with Gasteiger partial charge in [0, 0.05) is 24.2 Å².